The molecule has 4 heterocycles. The molecule has 1 aliphatic carbocycles. The number of thiophene rings is 1. The average molecular weight is 446 g/mol. The molecule has 10 heteroatoms. The Balaban J connectivity index is 1.25. The van der Waals surface area contributed by atoms with Gasteiger partial charge in [0.1, 0.15) is 10.8 Å². The van der Waals surface area contributed by atoms with Crippen molar-refractivity contribution in [1.82, 2.24) is 20.2 Å². The van der Waals surface area contributed by atoms with Crippen molar-refractivity contribution in [2.75, 3.05) is 23.7 Å². The van der Waals surface area contributed by atoms with Gasteiger partial charge in [-0.05, 0) is 47.8 Å². The number of halogens is 1. The second kappa shape index (κ2) is 7.39. The highest BCUT2D eigenvalue weighted by Crippen LogP contribution is 2.52. The first-order valence-electron chi connectivity index (χ1n) is 9.40. The highest BCUT2D eigenvalue weighted by Gasteiger charge is 2.46. The summed E-state index contributed by atoms with van der Waals surface area (Å²) in [4.78, 5) is 12.8. The maximum absolute atomic E-state index is 6.62. The highest BCUT2D eigenvalue weighted by atomic mass is 35.5. The van der Waals surface area contributed by atoms with Gasteiger partial charge in [0, 0.05) is 35.1 Å². The van der Waals surface area contributed by atoms with E-state index in [0.717, 1.165) is 37.2 Å². The van der Waals surface area contributed by atoms with Crippen molar-refractivity contribution in [3.05, 3.63) is 45.4 Å². The van der Waals surface area contributed by atoms with Gasteiger partial charge in [0.25, 0.3) is 0 Å². The first kappa shape index (κ1) is 19.0. The zero-order valence-electron chi connectivity index (χ0n) is 15.6. The largest absolute Gasteiger partial charge is 0.382 e. The van der Waals surface area contributed by atoms with Gasteiger partial charge in [-0.25, -0.2) is 9.97 Å². The van der Waals surface area contributed by atoms with Gasteiger partial charge in [0.15, 0.2) is 0 Å². The molecule has 3 aromatic heterocycles. The molecule has 0 unspecified atom stereocenters. The molecule has 0 saturated carbocycles. The predicted molar refractivity (Wildman–Crippen MR) is 116 cm³/mol. The lowest BCUT2D eigenvalue weighted by molar-refractivity contribution is 0.187. The Morgan fingerprint density at radius 1 is 1.21 bits per heavy atom. The van der Waals surface area contributed by atoms with Gasteiger partial charge in [-0.3, -0.25) is 0 Å². The molecule has 5 rings (SSSR count). The van der Waals surface area contributed by atoms with Crippen molar-refractivity contribution < 1.29 is 0 Å². The Bertz CT molecular complexity index is 1030. The molecule has 0 aromatic carbocycles. The Hall–Kier alpha value is -1.94. The van der Waals surface area contributed by atoms with Gasteiger partial charge in [-0.1, -0.05) is 23.4 Å². The van der Waals surface area contributed by atoms with E-state index in [4.69, 9.17) is 23.1 Å². The Kier molecular flexibility index (Phi) is 4.85. The summed E-state index contributed by atoms with van der Waals surface area (Å²) >= 11 is 9.36. The number of pyridine rings is 1. The fourth-order valence-corrected chi connectivity index (χ4v) is 6.29. The molecule has 1 fully saturated rings. The number of rotatable bonds is 3. The van der Waals surface area contributed by atoms with Crippen LogP contribution >= 0.6 is 34.7 Å². The van der Waals surface area contributed by atoms with Crippen molar-refractivity contribution in [2.24, 2.45) is 11.1 Å². The van der Waals surface area contributed by atoms with E-state index in [2.05, 4.69) is 36.5 Å². The van der Waals surface area contributed by atoms with Gasteiger partial charge >= 0.3 is 0 Å². The van der Waals surface area contributed by atoms with E-state index in [1.165, 1.54) is 22.2 Å². The summed E-state index contributed by atoms with van der Waals surface area (Å²) in [5.74, 6) is 0.960. The highest BCUT2D eigenvalue weighted by molar-refractivity contribution is 7.99. The second-order valence-electron chi connectivity index (χ2n) is 7.52. The number of piperidine rings is 1. The van der Waals surface area contributed by atoms with Crippen LogP contribution < -0.4 is 16.4 Å². The monoisotopic (exact) mass is 445 g/mol. The van der Waals surface area contributed by atoms with E-state index in [1.807, 2.05) is 0 Å². The molecule has 0 amide bonds. The summed E-state index contributed by atoms with van der Waals surface area (Å²) in [5, 5.41) is 11.9. The van der Waals surface area contributed by atoms with E-state index in [0.29, 0.717) is 21.8 Å². The maximum Gasteiger partial charge on any atom is 0.245 e. The summed E-state index contributed by atoms with van der Waals surface area (Å²) in [6, 6.07) is 4.18. The lowest BCUT2D eigenvalue weighted by atomic mass is 9.73. The van der Waals surface area contributed by atoms with Crippen LogP contribution in [-0.2, 0) is 6.42 Å². The lowest BCUT2D eigenvalue weighted by Gasteiger charge is -2.42. The van der Waals surface area contributed by atoms with Crippen LogP contribution in [0, 0.1) is 5.41 Å². The van der Waals surface area contributed by atoms with Gasteiger partial charge < -0.3 is 16.4 Å². The van der Waals surface area contributed by atoms with Gasteiger partial charge in [-0.15, -0.1) is 21.5 Å². The van der Waals surface area contributed by atoms with Crippen LogP contribution in [0.15, 0.2) is 39.8 Å². The van der Waals surface area contributed by atoms with Crippen LogP contribution in [0.25, 0.3) is 0 Å². The van der Waals surface area contributed by atoms with Crippen LogP contribution in [-0.4, -0.2) is 33.3 Å². The first-order chi connectivity index (χ1) is 14.1. The molecule has 1 atom stereocenters. The number of aromatic nitrogens is 4. The van der Waals surface area contributed by atoms with Crippen molar-refractivity contribution in [2.45, 2.75) is 35.2 Å². The van der Waals surface area contributed by atoms with Gasteiger partial charge in [0.05, 0.1) is 11.2 Å². The second-order valence-corrected chi connectivity index (χ2v) is 9.91. The maximum atomic E-state index is 6.62. The molecule has 7 nitrogen and oxygen atoms in total. The molecule has 4 N–H and O–H groups in total. The molecule has 3 aromatic rings. The minimum absolute atomic E-state index is 0.148. The Morgan fingerprint density at radius 3 is 2.76 bits per heavy atom. The molecule has 1 aliphatic heterocycles. The molecule has 0 radical (unpaired) electrons. The smallest absolute Gasteiger partial charge is 0.245 e. The van der Waals surface area contributed by atoms with Crippen molar-refractivity contribution in [1.29, 1.82) is 0 Å². The number of anilines is 2. The zero-order valence-corrected chi connectivity index (χ0v) is 18.0. The van der Waals surface area contributed by atoms with Crippen LogP contribution in [0.2, 0.25) is 5.02 Å². The number of hydrogen-bond acceptors (Lipinski definition) is 9. The van der Waals surface area contributed by atoms with E-state index >= 15 is 0 Å². The lowest BCUT2D eigenvalue weighted by Crippen LogP contribution is -2.44. The summed E-state index contributed by atoms with van der Waals surface area (Å²) in [5.41, 5.74) is 14.0. The van der Waals surface area contributed by atoms with Crippen LogP contribution in [0.1, 0.15) is 29.3 Å². The Morgan fingerprint density at radius 2 is 2.03 bits per heavy atom. The number of hydrogen-bond donors (Lipinski definition) is 2. The van der Waals surface area contributed by atoms with Crippen molar-refractivity contribution in [3.8, 4) is 0 Å². The molecule has 1 saturated heterocycles. The molecule has 2 aliphatic rings. The molecule has 150 valence electrons. The third-order valence-electron chi connectivity index (χ3n) is 5.93. The van der Waals surface area contributed by atoms with Crippen molar-refractivity contribution in [3.63, 3.8) is 0 Å². The molecule has 1 spiro atoms. The predicted octanol–water partition coefficient (Wildman–Crippen LogP) is 3.56. The number of nitrogens with two attached hydrogens (primary N) is 2. The fraction of sp³-hybridized carbons (Fsp3) is 0.368. The SMILES string of the molecule is Nc1nccc(Sc2cnc(N3CCC4(CC3)Cc3ccsc3[C@H]4N)nn2)c1Cl. The quantitative estimate of drug-likeness (QED) is 0.630. The minimum Gasteiger partial charge on any atom is -0.382 e. The number of nitrogens with zero attached hydrogens (tertiary/aromatic N) is 5. The van der Waals surface area contributed by atoms with E-state index in [1.54, 1.807) is 29.8 Å². The van der Waals surface area contributed by atoms with E-state index in [-0.39, 0.29) is 11.5 Å². The zero-order chi connectivity index (χ0) is 20.0. The molecule has 0 bridgehead atoms. The van der Waals surface area contributed by atoms with Gasteiger partial charge in [0.2, 0.25) is 5.95 Å². The van der Waals surface area contributed by atoms with Gasteiger partial charge in [-0.2, -0.15) is 0 Å². The Labute approximate surface area is 181 Å². The third-order valence-corrected chi connectivity index (χ3v) is 8.44. The summed E-state index contributed by atoms with van der Waals surface area (Å²) < 4.78 is 0. The van der Waals surface area contributed by atoms with Crippen LogP contribution in [0.3, 0.4) is 0 Å². The average Bonchev–Trinajstić information content (AvgIpc) is 3.28. The summed E-state index contributed by atoms with van der Waals surface area (Å²) in [6.45, 7) is 1.78. The molecular weight excluding hydrogens is 426 g/mol. The summed E-state index contributed by atoms with van der Waals surface area (Å²) in [7, 11) is 0. The topological polar surface area (TPSA) is 107 Å². The number of fused-ring (bicyclic) bond motifs is 1. The summed E-state index contributed by atoms with van der Waals surface area (Å²) in [6.07, 6.45) is 6.52. The molecular formula is C19H20ClN7S2. The first-order valence-corrected chi connectivity index (χ1v) is 11.5. The normalized spacial score (nSPS) is 20.2. The van der Waals surface area contributed by atoms with Crippen LogP contribution in [0.5, 0.6) is 0 Å². The van der Waals surface area contributed by atoms with E-state index < -0.39 is 0 Å². The standard InChI is InChI=1S/C19H20ClN7S2/c20-14-12(1-5-23-17(14)22)29-13-10-24-18(26-25-13)27-6-3-19(4-7-27)9-11-2-8-28-15(11)16(19)21/h1-2,5,8,10,16H,3-4,6-7,9,21H2,(H2,22,23)/t16-/m1/s1. The minimum atomic E-state index is 0.148. The number of nitrogen functional groups attached to an aromatic ring is 1. The van der Waals surface area contributed by atoms with E-state index in [9.17, 15) is 0 Å². The van der Waals surface area contributed by atoms with Crippen molar-refractivity contribution >= 4 is 46.5 Å². The fourth-order valence-electron chi connectivity index (χ4n) is 4.26. The third kappa shape index (κ3) is 3.35. The van der Waals surface area contributed by atoms with Crippen LogP contribution in [0.4, 0.5) is 11.8 Å². The molecule has 29 heavy (non-hydrogen) atoms.